The molecule has 2 aromatic rings. The van der Waals surface area contributed by atoms with Gasteiger partial charge in [-0.2, -0.15) is 4.98 Å². The van der Waals surface area contributed by atoms with Gasteiger partial charge in [0.15, 0.2) is 5.78 Å². The van der Waals surface area contributed by atoms with Crippen LogP contribution in [0.3, 0.4) is 0 Å². The van der Waals surface area contributed by atoms with Crippen molar-refractivity contribution in [1.29, 1.82) is 0 Å². The Balaban J connectivity index is 2.57. The van der Waals surface area contributed by atoms with Crippen LogP contribution in [0.5, 0.6) is 0 Å². The molecule has 0 N–H and O–H groups in total. The van der Waals surface area contributed by atoms with Gasteiger partial charge in [0.2, 0.25) is 11.7 Å². The summed E-state index contributed by atoms with van der Waals surface area (Å²) in [4.78, 5) is 16.7. The molecule has 0 atom stereocenters. The minimum Gasteiger partial charge on any atom is -0.339 e. The minimum atomic E-state index is -0.568. The van der Waals surface area contributed by atoms with E-state index in [1.807, 2.05) is 20.8 Å². The Morgan fingerprint density at radius 1 is 1.40 bits per heavy atom. The maximum Gasteiger partial charge on any atom is 0.223 e. The molecule has 20 heavy (non-hydrogen) atoms. The molecule has 0 aliphatic heterocycles. The van der Waals surface area contributed by atoms with E-state index in [-0.39, 0.29) is 11.3 Å². The van der Waals surface area contributed by atoms with Crippen LogP contribution < -0.4 is 0 Å². The molecule has 4 nitrogen and oxygen atoms in total. The predicted octanol–water partition coefficient (Wildman–Crippen LogP) is 3.80. The number of nitrogens with zero attached hydrogens (tertiary/aromatic N) is 2. The number of rotatable bonds is 4. The Kier molecular flexibility index (Phi) is 3.70. The lowest BCUT2D eigenvalue weighted by atomic mass is 9.80. The van der Waals surface area contributed by atoms with Gasteiger partial charge in [0.05, 0.1) is 0 Å². The van der Waals surface area contributed by atoms with Gasteiger partial charge in [0.1, 0.15) is 5.82 Å². The number of aryl methyl sites for hydroxylation is 1. The van der Waals surface area contributed by atoms with Crippen molar-refractivity contribution in [1.82, 2.24) is 10.1 Å². The van der Waals surface area contributed by atoms with Crippen LogP contribution in [-0.4, -0.2) is 15.9 Å². The third-order valence-corrected chi connectivity index (χ3v) is 3.49. The van der Waals surface area contributed by atoms with Crippen molar-refractivity contribution in [3.05, 3.63) is 35.5 Å². The number of ketones is 1. The molecule has 106 valence electrons. The topological polar surface area (TPSA) is 56.0 Å². The summed E-state index contributed by atoms with van der Waals surface area (Å²) in [6.07, 6.45) is 0.660. The first-order valence-electron chi connectivity index (χ1n) is 6.50. The second-order valence-electron chi connectivity index (χ2n) is 5.39. The third-order valence-electron chi connectivity index (χ3n) is 3.49. The summed E-state index contributed by atoms with van der Waals surface area (Å²) in [6.45, 7) is 7.27. The summed E-state index contributed by atoms with van der Waals surface area (Å²) in [5, 5.41) is 3.81. The fourth-order valence-corrected chi connectivity index (χ4v) is 1.83. The van der Waals surface area contributed by atoms with Crippen molar-refractivity contribution >= 4 is 5.78 Å². The highest BCUT2D eigenvalue weighted by molar-refractivity contribution is 6.04. The van der Waals surface area contributed by atoms with Crippen LogP contribution in [0.4, 0.5) is 4.39 Å². The molecule has 0 aliphatic rings. The average Bonchev–Trinajstić information content (AvgIpc) is 2.84. The maximum atomic E-state index is 13.5. The van der Waals surface area contributed by atoms with Crippen molar-refractivity contribution < 1.29 is 13.7 Å². The molecule has 5 heteroatoms. The number of carbonyl (C=O) groups excluding carboxylic acids is 1. The largest absolute Gasteiger partial charge is 0.339 e. The molecule has 0 aliphatic carbocycles. The predicted molar refractivity (Wildman–Crippen MR) is 72.8 cm³/mol. The van der Waals surface area contributed by atoms with Gasteiger partial charge in [0.25, 0.3) is 0 Å². The molecule has 0 unspecified atom stereocenters. The molecular weight excluding hydrogens is 259 g/mol. The van der Waals surface area contributed by atoms with Crippen LogP contribution in [0, 0.1) is 18.2 Å². The van der Waals surface area contributed by atoms with Crippen molar-refractivity contribution in [3.8, 4) is 11.4 Å². The molecule has 0 fully saturated rings. The lowest BCUT2D eigenvalue weighted by Gasteiger charge is -2.22. The number of hydrogen-bond donors (Lipinski definition) is 0. The van der Waals surface area contributed by atoms with Crippen molar-refractivity contribution in [3.63, 3.8) is 0 Å². The van der Waals surface area contributed by atoms with Crippen molar-refractivity contribution in [2.24, 2.45) is 5.41 Å². The molecule has 0 saturated heterocycles. The summed E-state index contributed by atoms with van der Waals surface area (Å²) in [7, 11) is 0. The normalized spacial score (nSPS) is 11.7. The molecule has 0 radical (unpaired) electrons. The average molecular weight is 276 g/mol. The van der Waals surface area contributed by atoms with E-state index in [1.54, 1.807) is 6.92 Å². The molecule has 0 bridgehead atoms. The number of carbonyl (C=O) groups is 1. The summed E-state index contributed by atoms with van der Waals surface area (Å²) in [5.74, 6) is 0.122. The highest BCUT2D eigenvalue weighted by atomic mass is 19.1. The van der Waals surface area contributed by atoms with Gasteiger partial charge in [-0.25, -0.2) is 4.39 Å². The zero-order valence-electron chi connectivity index (χ0n) is 12.0. The highest BCUT2D eigenvalue weighted by Gasteiger charge is 2.29. The van der Waals surface area contributed by atoms with E-state index in [4.69, 9.17) is 4.52 Å². The Bertz CT molecular complexity index is 647. The fourth-order valence-electron chi connectivity index (χ4n) is 1.83. The molecule has 0 amide bonds. The molecule has 2 rings (SSSR count). The van der Waals surface area contributed by atoms with E-state index < -0.39 is 11.2 Å². The summed E-state index contributed by atoms with van der Waals surface area (Å²) >= 11 is 0. The zero-order chi connectivity index (χ0) is 14.9. The minimum absolute atomic E-state index is 0.128. The Morgan fingerprint density at radius 3 is 2.65 bits per heavy atom. The maximum absolute atomic E-state index is 13.5. The van der Waals surface area contributed by atoms with E-state index >= 15 is 0 Å². The lowest BCUT2D eigenvalue weighted by Crippen LogP contribution is -2.24. The van der Waals surface area contributed by atoms with Gasteiger partial charge in [-0.3, -0.25) is 4.79 Å². The summed E-state index contributed by atoms with van der Waals surface area (Å²) in [5.41, 5.74) is 0.217. The van der Waals surface area contributed by atoms with Gasteiger partial charge in [-0.15, -0.1) is 0 Å². The Labute approximate surface area is 117 Å². The Morgan fingerprint density at radius 2 is 2.10 bits per heavy atom. The second kappa shape index (κ2) is 5.15. The van der Waals surface area contributed by atoms with Crippen molar-refractivity contribution in [2.45, 2.75) is 34.1 Å². The van der Waals surface area contributed by atoms with E-state index in [2.05, 4.69) is 10.1 Å². The van der Waals surface area contributed by atoms with Crippen molar-refractivity contribution in [2.75, 3.05) is 0 Å². The van der Waals surface area contributed by atoms with Crippen LogP contribution in [0.15, 0.2) is 22.7 Å². The second-order valence-corrected chi connectivity index (χ2v) is 5.39. The highest BCUT2D eigenvalue weighted by Crippen LogP contribution is 2.31. The smallest absolute Gasteiger partial charge is 0.223 e. The van der Waals surface area contributed by atoms with E-state index in [0.29, 0.717) is 23.7 Å². The first-order valence-corrected chi connectivity index (χ1v) is 6.50. The van der Waals surface area contributed by atoms with Gasteiger partial charge < -0.3 is 4.52 Å². The third kappa shape index (κ3) is 2.61. The zero-order valence-corrected chi connectivity index (χ0v) is 12.0. The first-order chi connectivity index (χ1) is 9.35. The number of halogens is 1. The first kappa shape index (κ1) is 14.4. The number of benzene rings is 1. The van der Waals surface area contributed by atoms with Crippen LogP contribution in [-0.2, 0) is 0 Å². The monoisotopic (exact) mass is 276 g/mol. The Hall–Kier alpha value is -2.04. The van der Waals surface area contributed by atoms with Crippen LogP contribution >= 0.6 is 0 Å². The van der Waals surface area contributed by atoms with Crippen LogP contribution in [0.2, 0.25) is 0 Å². The molecule has 1 aromatic heterocycles. The molecular formula is C15H17FN2O2. The summed E-state index contributed by atoms with van der Waals surface area (Å²) < 4.78 is 18.4. The SMILES string of the molecule is CCC(C)(C)C(=O)c1cc(F)ccc1-c1noc(C)n1. The van der Waals surface area contributed by atoms with E-state index in [9.17, 15) is 9.18 Å². The lowest BCUT2D eigenvalue weighted by molar-refractivity contribution is 0.0833. The van der Waals surface area contributed by atoms with Crippen LogP contribution in [0.1, 0.15) is 43.4 Å². The van der Waals surface area contributed by atoms with Gasteiger partial charge >= 0.3 is 0 Å². The summed E-state index contributed by atoms with van der Waals surface area (Å²) in [6, 6.07) is 4.04. The molecule has 0 saturated carbocycles. The van der Waals surface area contributed by atoms with E-state index in [1.165, 1.54) is 18.2 Å². The standard InChI is InChI=1S/C15H17FN2O2/c1-5-15(3,4)13(19)12-8-10(16)6-7-11(12)14-17-9(2)20-18-14/h6-8H,5H2,1-4H3. The molecule has 0 spiro atoms. The van der Waals surface area contributed by atoms with Gasteiger partial charge in [0, 0.05) is 23.5 Å². The quantitative estimate of drug-likeness (QED) is 0.797. The number of hydrogen-bond acceptors (Lipinski definition) is 4. The van der Waals surface area contributed by atoms with Crippen LogP contribution in [0.25, 0.3) is 11.4 Å². The van der Waals surface area contributed by atoms with Gasteiger partial charge in [-0.05, 0) is 24.6 Å². The number of aromatic nitrogens is 2. The van der Waals surface area contributed by atoms with E-state index in [0.717, 1.165) is 0 Å². The van der Waals surface area contributed by atoms with Gasteiger partial charge in [-0.1, -0.05) is 25.9 Å². The molecule has 1 heterocycles. The fraction of sp³-hybridized carbons (Fsp3) is 0.400. The molecule has 1 aromatic carbocycles. The number of Topliss-reactive ketones (excluding diaryl/α,β-unsaturated/α-hetero) is 1.